The van der Waals surface area contributed by atoms with Crippen molar-refractivity contribution in [3.8, 4) is 0 Å². The summed E-state index contributed by atoms with van der Waals surface area (Å²) in [6.45, 7) is 1.33. The average molecular weight is 245 g/mol. The molecule has 0 bridgehead atoms. The van der Waals surface area contributed by atoms with E-state index in [-0.39, 0.29) is 6.61 Å². The van der Waals surface area contributed by atoms with E-state index >= 15 is 0 Å². The van der Waals surface area contributed by atoms with E-state index in [1.165, 1.54) is 0 Å². The van der Waals surface area contributed by atoms with Crippen molar-refractivity contribution < 1.29 is 16.5 Å². The van der Waals surface area contributed by atoms with Crippen LogP contribution >= 0.6 is 0 Å². The minimum absolute atomic E-state index is 0.303. The molecule has 0 fully saturated rings. The highest BCUT2D eigenvalue weighted by Crippen LogP contribution is 2.00. The summed E-state index contributed by atoms with van der Waals surface area (Å²) < 4.78 is 36.1. The first-order valence-corrected chi connectivity index (χ1v) is 5.95. The molecule has 0 aromatic heterocycles. The van der Waals surface area contributed by atoms with E-state index in [0.29, 0.717) is 0 Å². The van der Waals surface area contributed by atoms with Crippen molar-refractivity contribution in [3.63, 3.8) is 0 Å². The quantitative estimate of drug-likeness (QED) is 0.586. The Bertz CT molecular complexity index is 444. The molecule has 0 amide bonds. The van der Waals surface area contributed by atoms with Gasteiger partial charge in [0.25, 0.3) is 0 Å². The third-order valence-electron chi connectivity index (χ3n) is 1.73. The predicted octanol–water partition coefficient (Wildman–Crippen LogP) is 1.72. The number of aliphatic imine (C=N–C) groups is 1. The first kappa shape index (κ1) is 12.8. The standard InChI is InChI=1S/C10H12FNO3S/c1-9(8-15-16(11,13)14)12-7-10-5-3-2-4-6-10/h2-7,9H,8H2,1H3. The van der Waals surface area contributed by atoms with Gasteiger partial charge in [0.15, 0.2) is 0 Å². The molecular weight excluding hydrogens is 233 g/mol. The summed E-state index contributed by atoms with van der Waals surface area (Å²) in [6, 6.07) is 8.86. The van der Waals surface area contributed by atoms with Crippen LogP contribution in [0.5, 0.6) is 0 Å². The lowest BCUT2D eigenvalue weighted by Crippen LogP contribution is -2.11. The summed E-state index contributed by atoms with van der Waals surface area (Å²) >= 11 is 0. The fraction of sp³-hybridized carbons (Fsp3) is 0.300. The molecule has 1 aromatic carbocycles. The van der Waals surface area contributed by atoms with Gasteiger partial charge in [-0.2, -0.15) is 8.42 Å². The van der Waals surface area contributed by atoms with E-state index in [4.69, 9.17) is 0 Å². The van der Waals surface area contributed by atoms with Gasteiger partial charge in [-0.25, -0.2) is 4.18 Å². The van der Waals surface area contributed by atoms with E-state index in [9.17, 15) is 12.3 Å². The summed E-state index contributed by atoms with van der Waals surface area (Å²) in [5, 5.41) is 0. The molecule has 16 heavy (non-hydrogen) atoms. The maximum absolute atomic E-state index is 12.0. The van der Waals surface area contributed by atoms with Crippen LogP contribution in [0.4, 0.5) is 3.89 Å². The zero-order valence-electron chi connectivity index (χ0n) is 8.71. The highest BCUT2D eigenvalue weighted by molar-refractivity contribution is 7.81. The number of hydrogen-bond donors (Lipinski definition) is 0. The number of rotatable bonds is 5. The Balaban J connectivity index is 2.46. The Morgan fingerprint density at radius 2 is 2.06 bits per heavy atom. The normalized spacial score (nSPS) is 14.1. The van der Waals surface area contributed by atoms with Crippen LogP contribution in [0.2, 0.25) is 0 Å². The molecule has 1 unspecified atom stereocenters. The molecule has 6 heteroatoms. The lowest BCUT2D eigenvalue weighted by atomic mass is 10.2. The lowest BCUT2D eigenvalue weighted by molar-refractivity contribution is 0.278. The van der Waals surface area contributed by atoms with Gasteiger partial charge in [-0.15, -0.1) is 0 Å². The van der Waals surface area contributed by atoms with Gasteiger partial charge in [0.1, 0.15) is 0 Å². The Kier molecular flexibility index (Phi) is 4.57. The first-order chi connectivity index (χ1) is 7.47. The molecule has 1 rings (SSSR count). The van der Waals surface area contributed by atoms with Gasteiger partial charge in [-0.1, -0.05) is 34.2 Å². The van der Waals surface area contributed by atoms with Crippen LogP contribution < -0.4 is 0 Å². The van der Waals surface area contributed by atoms with Gasteiger partial charge in [0, 0.05) is 6.21 Å². The van der Waals surface area contributed by atoms with Gasteiger partial charge >= 0.3 is 10.5 Å². The predicted molar refractivity (Wildman–Crippen MR) is 59.5 cm³/mol. The molecule has 0 aliphatic carbocycles. The van der Waals surface area contributed by atoms with Crippen molar-refractivity contribution >= 4 is 16.7 Å². The topological polar surface area (TPSA) is 55.7 Å². The van der Waals surface area contributed by atoms with Crippen molar-refractivity contribution in [3.05, 3.63) is 35.9 Å². The molecular formula is C10H12FNO3S. The molecule has 1 atom stereocenters. The van der Waals surface area contributed by atoms with Crippen LogP contribution in [0.25, 0.3) is 0 Å². The molecule has 0 saturated heterocycles. The fourth-order valence-corrected chi connectivity index (χ4v) is 1.33. The third-order valence-corrected chi connectivity index (χ3v) is 2.15. The average Bonchev–Trinajstić information content (AvgIpc) is 2.24. The van der Waals surface area contributed by atoms with E-state index < -0.39 is 16.5 Å². The summed E-state index contributed by atoms with van der Waals surface area (Å²) in [5.41, 5.74) is 0.887. The molecule has 0 N–H and O–H groups in total. The SMILES string of the molecule is CC(COS(=O)(=O)F)N=Cc1ccccc1. The molecule has 0 aliphatic heterocycles. The second-order valence-electron chi connectivity index (χ2n) is 3.22. The summed E-state index contributed by atoms with van der Waals surface area (Å²) in [6.07, 6.45) is 1.58. The number of nitrogens with zero attached hydrogens (tertiary/aromatic N) is 1. The minimum Gasteiger partial charge on any atom is -0.287 e. The number of halogens is 1. The van der Waals surface area contributed by atoms with E-state index in [1.807, 2.05) is 30.3 Å². The van der Waals surface area contributed by atoms with Crippen LogP contribution in [-0.4, -0.2) is 27.3 Å². The molecule has 0 heterocycles. The van der Waals surface area contributed by atoms with Gasteiger partial charge in [0.05, 0.1) is 12.6 Å². The van der Waals surface area contributed by atoms with Gasteiger partial charge in [-0.05, 0) is 12.5 Å². The van der Waals surface area contributed by atoms with Crippen LogP contribution in [0, 0.1) is 0 Å². The maximum atomic E-state index is 12.0. The maximum Gasteiger partial charge on any atom is 0.437 e. The molecule has 88 valence electrons. The molecule has 1 aromatic rings. The van der Waals surface area contributed by atoms with Crippen LogP contribution in [-0.2, 0) is 14.7 Å². The molecule has 4 nitrogen and oxygen atoms in total. The number of hydrogen-bond acceptors (Lipinski definition) is 4. The second kappa shape index (κ2) is 5.72. The zero-order chi connectivity index (χ0) is 12.0. The second-order valence-corrected chi connectivity index (χ2v) is 4.24. The molecule has 0 radical (unpaired) electrons. The van der Waals surface area contributed by atoms with Gasteiger partial charge in [0.2, 0.25) is 0 Å². The smallest absolute Gasteiger partial charge is 0.287 e. The summed E-state index contributed by atoms with van der Waals surface area (Å²) in [4.78, 5) is 4.02. The van der Waals surface area contributed by atoms with Crippen LogP contribution in [0.1, 0.15) is 12.5 Å². The highest BCUT2D eigenvalue weighted by atomic mass is 32.3. The van der Waals surface area contributed by atoms with Gasteiger partial charge in [-0.3, -0.25) is 4.99 Å². The summed E-state index contributed by atoms with van der Waals surface area (Å²) in [7, 11) is -4.88. The van der Waals surface area contributed by atoms with Crippen molar-refractivity contribution in [1.29, 1.82) is 0 Å². The third kappa shape index (κ3) is 5.57. The van der Waals surface area contributed by atoms with Crippen LogP contribution in [0.3, 0.4) is 0 Å². The van der Waals surface area contributed by atoms with E-state index in [2.05, 4.69) is 9.18 Å². The minimum atomic E-state index is -4.88. The monoisotopic (exact) mass is 245 g/mol. The first-order valence-electron chi connectivity index (χ1n) is 4.64. The summed E-state index contributed by atoms with van der Waals surface area (Å²) in [5.74, 6) is 0. The van der Waals surface area contributed by atoms with Crippen molar-refractivity contribution in [2.75, 3.05) is 6.61 Å². The largest absolute Gasteiger partial charge is 0.437 e. The number of benzene rings is 1. The molecule has 0 spiro atoms. The Labute approximate surface area is 94.2 Å². The van der Waals surface area contributed by atoms with Crippen molar-refractivity contribution in [2.45, 2.75) is 13.0 Å². The Morgan fingerprint density at radius 1 is 1.44 bits per heavy atom. The Morgan fingerprint density at radius 3 is 2.62 bits per heavy atom. The lowest BCUT2D eigenvalue weighted by Gasteiger charge is -2.03. The van der Waals surface area contributed by atoms with Gasteiger partial charge < -0.3 is 0 Å². The van der Waals surface area contributed by atoms with Crippen molar-refractivity contribution in [1.82, 2.24) is 0 Å². The molecule has 0 aliphatic rings. The molecule has 0 saturated carbocycles. The van der Waals surface area contributed by atoms with Crippen LogP contribution in [0.15, 0.2) is 35.3 Å². The zero-order valence-corrected chi connectivity index (χ0v) is 9.52. The van der Waals surface area contributed by atoms with E-state index in [0.717, 1.165) is 5.56 Å². The van der Waals surface area contributed by atoms with E-state index in [1.54, 1.807) is 13.1 Å². The Hall–Kier alpha value is -1.27. The highest BCUT2D eigenvalue weighted by Gasteiger charge is 2.09. The van der Waals surface area contributed by atoms with Crippen molar-refractivity contribution in [2.24, 2.45) is 4.99 Å². The fourth-order valence-electron chi connectivity index (χ4n) is 0.975.